The van der Waals surface area contributed by atoms with Crippen molar-refractivity contribution in [2.45, 2.75) is 0 Å². The third kappa shape index (κ3) is 4.88. The predicted octanol–water partition coefficient (Wildman–Crippen LogP) is 15.4. The number of anilines is 3. The molecule has 3 heterocycles. The van der Waals surface area contributed by atoms with Gasteiger partial charge >= 0.3 is 0 Å². The van der Waals surface area contributed by atoms with Crippen molar-refractivity contribution in [1.82, 2.24) is 4.57 Å². The Kier molecular flexibility index (Phi) is 7.20. The van der Waals surface area contributed by atoms with Crippen LogP contribution in [0, 0.1) is 0 Å². The number of furan rings is 2. The van der Waals surface area contributed by atoms with Gasteiger partial charge in [0.05, 0.1) is 27.8 Å². The molecule has 0 aliphatic carbocycles. The molecule has 272 valence electrons. The van der Waals surface area contributed by atoms with Crippen LogP contribution in [-0.2, 0) is 0 Å². The molecular weight excluding hydrogens is 709 g/mol. The maximum absolute atomic E-state index is 6.94. The van der Waals surface area contributed by atoms with E-state index < -0.39 is 0 Å². The van der Waals surface area contributed by atoms with Crippen LogP contribution in [0.25, 0.3) is 93.6 Å². The fourth-order valence-electron chi connectivity index (χ4n) is 9.06. The second-order valence-electron chi connectivity index (χ2n) is 14.8. The lowest BCUT2D eigenvalue weighted by molar-refractivity contribution is 0.669. The van der Waals surface area contributed by atoms with Crippen molar-refractivity contribution in [3.05, 3.63) is 206 Å². The fraction of sp³-hybridized carbons (Fsp3) is 0. The highest BCUT2D eigenvalue weighted by Crippen LogP contribution is 2.48. The standard InChI is InChI=1S/C54H34N2O2/c1-2-15-36(16-3-1)55(37-31-29-35(30-32-37)38-22-14-23-43-42-20-7-12-27-50(42)57-53(38)43)49-34-33-44(54-52(49)45-21-8-13-28-51(45)58-54)41-19-6-11-26-48(41)56-46-24-9-4-17-39(46)40-18-5-10-25-47(40)56/h1-34H. The summed E-state index contributed by atoms with van der Waals surface area (Å²) >= 11 is 0. The maximum atomic E-state index is 6.94. The average Bonchev–Trinajstić information content (AvgIpc) is 3.98. The van der Waals surface area contributed by atoms with Crippen LogP contribution in [0.5, 0.6) is 0 Å². The van der Waals surface area contributed by atoms with Gasteiger partial charge in [0, 0.05) is 55.0 Å². The van der Waals surface area contributed by atoms with E-state index in [0.29, 0.717) is 0 Å². The predicted molar refractivity (Wildman–Crippen MR) is 241 cm³/mol. The minimum Gasteiger partial charge on any atom is -0.455 e. The van der Waals surface area contributed by atoms with E-state index in [1.807, 2.05) is 18.2 Å². The molecule has 0 unspecified atom stereocenters. The number of hydrogen-bond acceptors (Lipinski definition) is 3. The first kappa shape index (κ1) is 32.4. The zero-order valence-corrected chi connectivity index (χ0v) is 31.3. The zero-order valence-electron chi connectivity index (χ0n) is 31.3. The van der Waals surface area contributed by atoms with E-state index in [-0.39, 0.29) is 0 Å². The largest absolute Gasteiger partial charge is 0.455 e. The van der Waals surface area contributed by atoms with Crippen LogP contribution < -0.4 is 4.90 Å². The Labute approximate surface area is 334 Å². The molecule has 0 saturated carbocycles. The Morgan fingerprint density at radius 1 is 0.345 bits per heavy atom. The van der Waals surface area contributed by atoms with Crippen LogP contribution >= 0.6 is 0 Å². The van der Waals surface area contributed by atoms with Crippen LogP contribution in [0.3, 0.4) is 0 Å². The van der Waals surface area contributed by atoms with Gasteiger partial charge in [0.1, 0.15) is 22.3 Å². The molecule has 9 aromatic carbocycles. The second kappa shape index (κ2) is 12.9. The van der Waals surface area contributed by atoms with Gasteiger partial charge in [0.15, 0.2) is 0 Å². The van der Waals surface area contributed by atoms with Crippen molar-refractivity contribution < 1.29 is 8.83 Å². The molecule has 12 aromatic rings. The van der Waals surface area contributed by atoms with Gasteiger partial charge in [-0.05, 0) is 72.3 Å². The maximum Gasteiger partial charge on any atom is 0.145 e. The number of para-hydroxylation sites is 7. The molecule has 0 saturated heterocycles. The highest BCUT2D eigenvalue weighted by molar-refractivity contribution is 6.18. The normalized spacial score (nSPS) is 11.8. The molecule has 0 atom stereocenters. The van der Waals surface area contributed by atoms with Crippen LogP contribution in [0.1, 0.15) is 0 Å². The highest BCUT2D eigenvalue weighted by Gasteiger charge is 2.24. The summed E-state index contributed by atoms with van der Waals surface area (Å²) in [4.78, 5) is 2.35. The zero-order chi connectivity index (χ0) is 38.2. The van der Waals surface area contributed by atoms with Gasteiger partial charge in [0.2, 0.25) is 0 Å². The number of benzene rings is 9. The summed E-state index contributed by atoms with van der Waals surface area (Å²) in [5, 5.41) is 6.84. The molecule has 0 aliphatic heterocycles. The van der Waals surface area contributed by atoms with Gasteiger partial charge in [-0.15, -0.1) is 0 Å². The van der Waals surface area contributed by atoms with Crippen molar-refractivity contribution in [2.24, 2.45) is 0 Å². The summed E-state index contributed by atoms with van der Waals surface area (Å²) < 4.78 is 15.8. The summed E-state index contributed by atoms with van der Waals surface area (Å²) in [5.41, 5.74) is 14.4. The molecule has 0 N–H and O–H groups in total. The molecule has 0 spiro atoms. The minimum atomic E-state index is 0.848. The van der Waals surface area contributed by atoms with Gasteiger partial charge in [-0.3, -0.25) is 0 Å². The first-order valence-corrected chi connectivity index (χ1v) is 19.7. The highest BCUT2D eigenvalue weighted by atomic mass is 16.3. The van der Waals surface area contributed by atoms with E-state index in [2.05, 4.69) is 198 Å². The molecule has 0 bridgehead atoms. The number of hydrogen-bond donors (Lipinski definition) is 0. The van der Waals surface area contributed by atoms with Gasteiger partial charge in [-0.25, -0.2) is 0 Å². The molecular formula is C54H34N2O2. The molecule has 12 rings (SSSR count). The Morgan fingerprint density at radius 3 is 1.66 bits per heavy atom. The monoisotopic (exact) mass is 742 g/mol. The third-order valence-corrected chi connectivity index (χ3v) is 11.6. The Hall–Kier alpha value is -7.82. The number of rotatable bonds is 6. The number of aromatic nitrogens is 1. The smallest absolute Gasteiger partial charge is 0.145 e. The lowest BCUT2D eigenvalue weighted by Crippen LogP contribution is -2.10. The van der Waals surface area contributed by atoms with Crippen molar-refractivity contribution in [2.75, 3.05) is 4.90 Å². The summed E-state index contributed by atoms with van der Waals surface area (Å²) in [6.45, 7) is 0. The van der Waals surface area contributed by atoms with Crippen molar-refractivity contribution in [3.63, 3.8) is 0 Å². The Bertz CT molecular complexity index is 3460. The summed E-state index contributed by atoms with van der Waals surface area (Å²) in [6, 6.07) is 73.0. The SMILES string of the molecule is c1ccc(N(c2ccc(-c3cccc4c3oc3ccccc34)cc2)c2ccc(-c3ccccc3-n3c4ccccc4c4ccccc43)c3oc4ccccc4c23)cc1. The molecule has 58 heavy (non-hydrogen) atoms. The van der Waals surface area contributed by atoms with E-state index in [4.69, 9.17) is 8.83 Å². The van der Waals surface area contributed by atoms with Crippen molar-refractivity contribution in [3.8, 4) is 27.9 Å². The first-order valence-electron chi connectivity index (χ1n) is 19.7. The van der Waals surface area contributed by atoms with E-state index in [9.17, 15) is 0 Å². The Balaban J connectivity index is 1.06. The quantitative estimate of drug-likeness (QED) is 0.170. The van der Waals surface area contributed by atoms with E-state index >= 15 is 0 Å². The molecule has 0 aliphatic rings. The number of nitrogens with zero attached hydrogens (tertiary/aromatic N) is 2. The third-order valence-electron chi connectivity index (χ3n) is 11.6. The van der Waals surface area contributed by atoms with Crippen LogP contribution in [0.4, 0.5) is 17.1 Å². The molecule has 4 nitrogen and oxygen atoms in total. The van der Waals surface area contributed by atoms with E-state index in [0.717, 1.165) is 88.9 Å². The molecule has 3 aromatic heterocycles. The molecule has 4 heteroatoms. The average molecular weight is 743 g/mol. The first-order chi connectivity index (χ1) is 28.8. The minimum absolute atomic E-state index is 0.848. The van der Waals surface area contributed by atoms with Gasteiger partial charge < -0.3 is 18.3 Å². The van der Waals surface area contributed by atoms with Crippen molar-refractivity contribution in [1.29, 1.82) is 0 Å². The van der Waals surface area contributed by atoms with Crippen LogP contribution in [0.2, 0.25) is 0 Å². The lowest BCUT2D eigenvalue weighted by atomic mass is 9.98. The molecule has 0 radical (unpaired) electrons. The fourth-order valence-corrected chi connectivity index (χ4v) is 9.06. The summed E-state index contributed by atoms with van der Waals surface area (Å²) in [6.07, 6.45) is 0. The van der Waals surface area contributed by atoms with E-state index in [1.54, 1.807) is 0 Å². The topological polar surface area (TPSA) is 34.5 Å². The van der Waals surface area contributed by atoms with Gasteiger partial charge in [-0.2, -0.15) is 0 Å². The second-order valence-corrected chi connectivity index (χ2v) is 14.8. The van der Waals surface area contributed by atoms with Gasteiger partial charge in [-0.1, -0.05) is 140 Å². The van der Waals surface area contributed by atoms with Crippen LogP contribution in [-0.4, -0.2) is 4.57 Å². The summed E-state index contributed by atoms with van der Waals surface area (Å²) in [5.74, 6) is 0. The van der Waals surface area contributed by atoms with E-state index in [1.165, 1.54) is 21.8 Å². The lowest BCUT2D eigenvalue weighted by Gasteiger charge is -2.27. The molecule has 0 fully saturated rings. The summed E-state index contributed by atoms with van der Waals surface area (Å²) in [7, 11) is 0. The number of fused-ring (bicyclic) bond motifs is 9. The Morgan fingerprint density at radius 2 is 0.897 bits per heavy atom. The van der Waals surface area contributed by atoms with Crippen molar-refractivity contribution >= 4 is 82.7 Å². The van der Waals surface area contributed by atoms with Crippen LogP contribution in [0.15, 0.2) is 215 Å². The van der Waals surface area contributed by atoms with Gasteiger partial charge in [0.25, 0.3) is 0 Å². The molecule has 0 amide bonds.